The van der Waals surface area contributed by atoms with Gasteiger partial charge in [0.2, 0.25) is 5.13 Å². The van der Waals surface area contributed by atoms with Crippen LogP contribution in [0.1, 0.15) is 11.9 Å². The molecule has 0 aliphatic carbocycles. The van der Waals surface area contributed by atoms with Crippen LogP contribution in [-0.4, -0.2) is 31.3 Å². The third-order valence-corrected chi connectivity index (χ3v) is 3.66. The molecule has 10 nitrogen and oxygen atoms in total. The topological polar surface area (TPSA) is 125 Å². The Bertz CT molecular complexity index is 792. The molecule has 11 heteroatoms. The number of nitrogens with zero attached hydrogens (tertiary/aromatic N) is 5. The lowest BCUT2D eigenvalue weighted by molar-refractivity contribution is -0.387. The first-order valence-electron chi connectivity index (χ1n) is 5.96. The van der Waals surface area contributed by atoms with E-state index in [-0.39, 0.29) is 13.1 Å². The third-order valence-electron chi connectivity index (χ3n) is 2.73. The van der Waals surface area contributed by atoms with Crippen molar-refractivity contribution in [2.75, 3.05) is 12.4 Å². The second-order valence-electron chi connectivity index (χ2n) is 3.98. The van der Waals surface area contributed by atoms with E-state index in [2.05, 4.69) is 15.5 Å². The number of anilines is 1. The van der Waals surface area contributed by atoms with E-state index < -0.39 is 21.9 Å². The number of aromatic nitrogens is 4. The molecule has 2 heterocycles. The Morgan fingerprint density at radius 2 is 2.14 bits per heavy atom. The summed E-state index contributed by atoms with van der Waals surface area (Å²) in [7, 11) is 1.66. The van der Waals surface area contributed by atoms with E-state index in [4.69, 9.17) is 0 Å². The molecule has 112 valence electrons. The number of hydrogen-bond donors (Lipinski definition) is 1. The normalized spacial score (nSPS) is 10.6. The second kappa shape index (κ2) is 5.83. The fraction of sp³-hybridized carbons (Fsp3) is 0.400. The van der Waals surface area contributed by atoms with Crippen molar-refractivity contribution in [3.8, 4) is 0 Å². The maximum Gasteiger partial charge on any atom is 0.350 e. The van der Waals surface area contributed by atoms with Gasteiger partial charge in [0, 0.05) is 13.6 Å². The Morgan fingerprint density at radius 3 is 2.67 bits per heavy atom. The molecule has 0 fully saturated rings. The van der Waals surface area contributed by atoms with E-state index >= 15 is 0 Å². The summed E-state index contributed by atoms with van der Waals surface area (Å²) in [6.07, 6.45) is 0.959. The molecule has 21 heavy (non-hydrogen) atoms. The second-order valence-corrected chi connectivity index (χ2v) is 5.04. The van der Waals surface area contributed by atoms with Gasteiger partial charge in [0.25, 0.3) is 0 Å². The Kier molecular flexibility index (Phi) is 4.12. The molecule has 2 rings (SSSR count). The van der Waals surface area contributed by atoms with Gasteiger partial charge in [-0.25, -0.2) is 9.36 Å². The fourth-order valence-corrected chi connectivity index (χ4v) is 2.37. The first-order valence-corrected chi connectivity index (χ1v) is 6.78. The van der Waals surface area contributed by atoms with Gasteiger partial charge in [0.05, 0.1) is 17.7 Å². The van der Waals surface area contributed by atoms with Crippen molar-refractivity contribution in [1.29, 1.82) is 0 Å². The molecular weight excluding hydrogens is 300 g/mol. The number of nitrogens with one attached hydrogen (secondary N) is 1. The lowest BCUT2D eigenvalue weighted by Gasteiger charge is -2.06. The molecule has 2 aromatic rings. The quantitative estimate of drug-likeness (QED) is 0.602. The first kappa shape index (κ1) is 14.8. The van der Waals surface area contributed by atoms with E-state index in [9.17, 15) is 19.7 Å². The maximum atomic E-state index is 12.1. The van der Waals surface area contributed by atoms with Crippen LogP contribution in [0, 0.1) is 10.1 Å². The summed E-state index contributed by atoms with van der Waals surface area (Å²) >= 11 is 1.16. The van der Waals surface area contributed by atoms with Crippen LogP contribution < -0.4 is 16.6 Å². The van der Waals surface area contributed by atoms with Gasteiger partial charge in [-0.05, 0) is 6.92 Å². The molecule has 0 unspecified atom stereocenters. The predicted octanol–water partition coefficient (Wildman–Crippen LogP) is -0.120. The maximum absolute atomic E-state index is 12.1. The number of rotatable bonds is 5. The van der Waals surface area contributed by atoms with Gasteiger partial charge in [-0.15, -0.1) is 10.2 Å². The minimum atomic E-state index is -0.948. The standard InChI is InChI=1S/C10H12N6O4S/c1-3-14-4-6(16(19)20)8(17)15(10(14)18)5-7-12-13-9(11-2)21-7/h4H,3,5H2,1-2H3,(H,11,13). The molecule has 0 aliphatic rings. The summed E-state index contributed by atoms with van der Waals surface area (Å²) in [5.74, 6) is 0. The van der Waals surface area contributed by atoms with Gasteiger partial charge in [-0.1, -0.05) is 11.3 Å². The van der Waals surface area contributed by atoms with Crippen molar-refractivity contribution in [1.82, 2.24) is 19.3 Å². The smallest absolute Gasteiger partial charge is 0.350 e. The third kappa shape index (κ3) is 2.81. The monoisotopic (exact) mass is 312 g/mol. The first-order chi connectivity index (χ1) is 9.97. The van der Waals surface area contributed by atoms with Gasteiger partial charge in [-0.3, -0.25) is 19.5 Å². The lowest BCUT2D eigenvalue weighted by Crippen LogP contribution is -2.40. The van der Waals surface area contributed by atoms with Gasteiger partial charge in [0.1, 0.15) is 5.01 Å². The van der Waals surface area contributed by atoms with Crippen molar-refractivity contribution in [2.45, 2.75) is 20.0 Å². The van der Waals surface area contributed by atoms with E-state index in [0.717, 1.165) is 26.7 Å². The van der Waals surface area contributed by atoms with Gasteiger partial charge in [-0.2, -0.15) is 0 Å². The average molecular weight is 312 g/mol. The highest BCUT2D eigenvalue weighted by Crippen LogP contribution is 2.14. The van der Waals surface area contributed by atoms with Crippen molar-refractivity contribution in [3.63, 3.8) is 0 Å². The summed E-state index contributed by atoms with van der Waals surface area (Å²) < 4.78 is 1.90. The van der Waals surface area contributed by atoms with Crippen LogP contribution in [0.3, 0.4) is 0 Å². The number of hydrogen-bond acceptors (Lipinski definition) is 8. The van der Waals surface area contributed by atoms with Crippen molar-refractivity contribution < 1.29 is 4.92 Å². The van der Waals surface area contributed by atoms with Gasteiger partial charge < -0.3 is 5.32 Å². The van der Waals surface area contributed by atoms with E-state index in [1.807, 2.05) is 0 Å². The van der Waals surface area contributed by atoms with Crippen LogP contribution >= 0.6 is 11.3 Å². The predicted molar refractivity (Wildman–Crippen MR) is 75.8 cm³/mol. The summed E-state index contributed by atoms with van der Waals surface area (Å²) in [6, 6.07) is 0. The Hall–Kier alpha value is -2.56. The molecule has 1 N–H and O–H groups in total. The molecule has 0 atom stereocenters. The Balaban J connectivity index is 2.56. The van der Waals surface area contributed by atoms with Crippen molar-refractivity contribution in [3.05, 3.63) is 42.2 Å². The summed E-state index contributed by atoms with van der Waals surface area (Å²) in [4.78, 5) is 34.2. The van der Waals surface area contributed by atoms with Crippen LogP contribution in [0.2, 0.25) is 0 Å². The minimum Gasteiger partial charge on any atom is -0.363 e. The van der Waals surface area contributed by atoms with Gasteiger partial charge in [0.15, 0.2) is 0 Å². The lowest BCUT2D eigenvalue weighted by atomic mass is 10.5. The fourth-order valence-electron chi connectivity index (χ4n) is 1.68. The van der Waals surface area contributed by atoms with Crippen LogP contribution in [-0.2, 0) is 13.1 Å². The van der Waals surface area contributed by atoms with E-state index in [1.165, 1.54) is 0 Å². The highest BCUT2D eigenvalue weighted by atomic mass is 32.1. The molecule has 0 spiro atoms. The SMILES string of the molecule is CCn1cc([N+](=O)[O-])c(=O)n(Cc2nnc(NC)s2)c1=O. The molecule has 0 saturated heterocycles. The van der Waals surface area contributed by atoms with Crippen LogP contribution in [0.25, 0.3) is 0 Å². The molecule has 0 radical (unpaired) electrons. The molecular formula is C10H12N6O4S. The molecule has 0 aliphatic heterocycles. The summed E-state index contributed by atoms with van der Waals surface area (Å²) in [5, 5.41) is 22.2. The van der Waals surface area contributed by atoms with Crippen molar-refractivity contribution >= 4 is 22.2 Å². The van der Waals surface area contributed by atoms with Gasteiger partial charge >= 0.3 is 16.9 Å². The highest BCUT2D eigenvalue weighted by molar-refractivity contribution is 7.15. The summed E-state index contributed by atoms with van der Waals surface area (Å²) in [5.41, 5.74) is -2.21. The molecule has 0 bridgehead atoms. The minimum absolute atomic E-state index is 0.154. The molecule has 0 aromatic carbocycles. The average Bonchev–Trinajstić information content (AvgIpc) is 2.91. The molecule has 0 saturated carbocycles. The van der Waals surface area contributed by atoms with Crippen LogP contribution in [0.15, 0.2) is 15.8 Å². The Labute approximate surface area is 121 Å². The molecule has 2 aromatic heterocycles. The van der Waals surface area contributed by atoms with E-state index in [1.54, 1.807) is 14.0 Å². The number of nitro groups is 1. The highest BCUT2D eigenvalue weighted by Gasteiger charge is 2.20. The largest absolute Gasteiger partial charge is 0.363 e. The number of aryl methyl sites for hydroxylation is 1. The summed E-state index contributed by atoms with van der Waals surface area (Å²) in [6.45, 7) is 1.72. The zero-order valence-electron chi connectivity index (χ0n) is 11.3. The zero-order chi connectivity index (χ0) is 15.6. The van der Waals surface area contributed by atoms with Crippen LogP contribution in [0.4, 0.5) is 10.8 Å². The zero-order valence-corrected chi connectivity index (χ0v) is 12.1. The Morgan fingerprint density at radius 1 is 1.43 bits per heavy atom. The van der Waals surface area contributed by atoms with Crippen LogP contribution in [0.5, 0.6) is 0 Å². The van der Waals surface area contributed by atoms with E-state index in [0.29, 0.717) is 10.1 Å². The van der Waals surface area contributed by atoms with Crippen molar-refractivity contribution in [2.24, 2.45) is 0 Å². The molecule has 0 amide bonds.